The van der Waals surface area contributed by atoms with E-state index in [-0.39, 0.29) is 6.54 Å². The Balaban J connectivity index is 1.81. The molecule has 3 aromatic rings. The second kappa shape index (κ2) is 12.1. The number of carbonyl (C=O) groups is 2. The number of nitrogens with zero attached hydrogens (tertiary/aromatic N) is 4. The Morgan fingerprint density at radius 1 is 1.00 bits per heavy atom. The lowest BCUT2D eigenvalue weighted by Gasteiger charge is -2.23. The van der Waals surface area contributed by atoms with Crippen molar-refractivity contribution in [2.75, 3.05) is 25.0 Å². The van der Waals surface area contributed by atoms with Crippen LogP contribution in [0.3, 0.4) is 0 Å². The van der Waals surface area contributed by atoms with Crippen LogP contribution in [0, 0.1) is 0 Å². The number of hydrogen-bond acceptors (Lipinski definition) is 5. The second-order valence-electron chi connectivity index (χ2n) is 8.12. The molecule has 0 saturated carbocycles. The lowest BCUT2D eigenvalue weighted by molar-refractivity contribution is -0.137. The van der Waals surface area contributed by atoms with Gasteiger partial charge in [0.05, 0.1) is 11.3 Å². The van der Waals surface area contributed by atoms with Gasteiger partial charge in [-0.25, -0.2) is 9.97 Å². The van der Waals surface area contributed by atoms with Crippen molar-refractivity contribution in [1.82, 2.24) is 14.9 Å². The minimum absolute atomic E-state index is 0.145. The first kappa shape index (κ1) is 25.2. The lowest BCUT2D eigenvalue weighted by Crippen LogP contribution is -2.36. The predicted molar refractivity (Wildman–Crippen MR) is 133 cm³/mol. The van der Waals surface area contributed by atoms with Crippen LogP contribution in [0.25, 0.3) is 0 Å². The Bertz CT molecular complexity index is 1110. The Morgan fingerprint density at radius 2 is 1.71 bits per heavy atom. The van der Waals surface area contributed by atoms with Crippen molar-refractivity contribution in [3.05, 3.63) is 88.2 Å². The summed E-state index contributed by atoms with van der Waals surface area (Å²) in [7, 11) is 1.92. The number of aliphatic carboxylic acids is 1. The highest BCUT2D eigenvalue weighted by molar-refractivity contribution is 6.30. The number of aryl methyl sites for hydroxylation is 1. The zero-order valence-electron chi connectivity index (χ0n) is 19.4. The summed E-state index contributed by atoms with van der Waals surface area (Å²) < 4.78 is 0. The van der Waals surface area contributed by atoms with E-state index in [1.165, 1.54) is 16.7 Å². The van der Waals surface area contributed by atoms with E-state index in [0.29, 0.717) is 28.6 Å². The lowest BCUT2D eigenvalue weighted by atomic mass is 10.1. The first-order valence-electron chi connectivity index (χ1n) is 11.2. The molecule has 2 aromatic carbocycles. The number of hydrogen-bond donors (Lipinski definition) is 1. The van der Waals surface area contributed by atoms with Gasteiger partial charge in [0.2, 0.25) is 5.95 Å². The van der Waals surface area contributed by atoms with Crippen LogP contribution in [0.2, 0.25) is 5.02 Å². The third kappa shape index (κ3) is 7.02. The molecule has 0 spiro atoms. The van der Waals surface area contributed by atoms with Gasteiger partial charge < -0.3 is 14.9 Å². The molecule has 3 rings (SSSR count). The third-order valence-corrected chi connectivity index (χ3v) is 5.64. The van der Waals surface area contributed by atoms with E-state index in [2.05, 4.69) is 22.1 Å². The van der Waals surface area contributed by atoms with E-state index < -0.39 is 18.4 Å². The standard InChI is InChI=1S/C26H29ClN4O3/c1-3-7-23-22(16-28-26(29-23)30(2)15-14-19-8-5-4-6-9-19)25(34)31(18-24(32)33)17-20-10-12-21(27)13-11-20/h4-6,8-13,16H,3,7,14-15,17-18H2,1-2H3,(H,32,33). The van der Waals surface area contributed by atoms with Crippen LogP contribution in [0.5, 0.6) is 0 Å². The second-order valence-corrected chi connectivity index (χ2v) is 8.56. The van der Waals surface area contributed by atoms with Crippen molar-refractivity contribution in [2.45, 2.75) is 32.7 Å². The van der Waals surface area contributed by atoms with Crippen LogP contribution in [0.4, 0.5) is 5.95 Å². The number of benzene rings is 2. The molecule has 0 atom stereocenters. The number of anilines is 1. The Kier molecular flexibility index (Phi) is 8.99. The maximum absolute atomic E-state index is 13.4. The van der Waals surface area contributed by atoms with E-state index in [1.807, 2.05) is 37.1 Å². The summed E-state index contributed by atoms with van der Waals surface area (Å²) in [6, 6.07) is 17.2. The first-order chi connectivity index (χ1) is 16.4. The molecule has 0 bridgehead atoms. The molecule has 0 saturated heterocycles. The minimum Gasteiger partial charge on any atom is -0.480 e. The van der Waals surface area contributed by atoms with E-state index in [0.717, 1.165) is 24.9 Å². The van der Waals surface area contributed by atoms with Crippen molar-refractivity contribution in [2.24, 2.45) is 0 Å². The molecule has 1 N–H and O–H groups in total. The van der Waals surface area contributed by atoms with Crippen molar-refractivity contribution in [3.63, 3.8) is 0 Å². The number of aromatic nitrogens is 2. The largest absolute Gasteiger partial charge is 0.480 e. The summed E-state index contributed by atoms with van der Waals surface area (Å²) in [5, 5.41) is 9.97. The molecular formula is C26H29ClN4O3. The number of carboxylic acids is 1. The van der Waals surface area contributed by atoms with Gasteiger partial charge in [-0.3, -0.25) is 9.59 Å². The van der Waals surface area contributed by atoms with Gasteiger partial charge in [0, 0.05) is 31.4 Å². The number of amides is 1. The maximum Gasteiger partial charge on any atom is 0.323 e. The van der Waals surface area contributed by atoms with Crippen LogP contribution < -0.4 is 4.90 Å². The SMILES string of the molecule is CCCc1nc(N(C)CCc2ccccc2)ncc1C(=O)N(CC(=O)O)Cc1ccc(Cl)cc1. The Morgan fingerprint density at radius 3 is 2.35 bits per heavy atom. The maximum atomic E-state index is 13.4. The fourth-order valence-electron chi connectivity index (χ4n) is 3.58. The molecule has 0 aliphatic rings. The topological polar surface area (TPSA) is 86.6 Å². The van der Waals surface area contributed by atoms with Gasteiger partial charge in [-0.05, 0) is 36.1 Å². The smallest absolute Gasteiger partial charge is 0.323 e. The highest BCUT2D eigenvalue weighted by Crippen LogP contribution is 2.18. The molecule has 0 fully saturated rings. The zero-order valence-corrected chi connectivity index (χ0v) is 20.2. The zero-order chi connectivity index (χ0) is 24.5. The first-order valence-corrected chi connectivity index (χ1v) is 11.6. The number of carboxylic acid groups (broad SMARTS) is 1. The number of carbonyl (C=O) groups excluding carboxylic acids is 1. The average Bonchev–Trinajstić information content (AvgIpc) is 2.83. The van der Waals surface area contributed by atoms with Crippen LogP contribution in [-0.4, -0.2) is 52.0 Å². The molecule has 178 valence electrons. The minimum atomic E-state index is -1.09. The van der Waals surface area contributed by atoms with E-state index >= 15 is 0 Å². The summed E-state index contributed by atoms with van der Waals surface area (Å²) in [5.41, 5.74) is 2.96. The molecule has 8 heteroatoms. The fourth-order valence-corrected chi connectivity index (χ4v) is 3.71. The quantitative estimate of drug-likeness (QED) is 0.435. The van der Waals surface area contributed by atoms with E-state index in [1.54, 1.807) is 24.3 Å². The van der Waals surface area contributed by atoms with Gasteiger partial charge in [-0.1, -0.05) is 67.4 Å². The van der Waals surface area contributed by atoms with E-state index in [4.69, 9.17) is 11.6 Å². The molecule has 1 heterocycles. The molecule has 0 radical (unpaired) electrons. The number of halogens is 1. The highest BCUT2D eigenvalue weighted by Gasteiger charge is 2.23. The molecule has 34 heavy (non-hydrogen) atoms. The monoisotopic (exact) mass is 480 g/mol. The van der Waals surface area contributed by atoms with Crippen molar-refractivity contribution in [1.29, 1.82) is 0 Å². The predicted octanol–water partition coefficient (Wildman–Crippen LogP) is 4.49. The molecule has 0 aliphatic heterocycles. The Labute approximate surface area is 205 Å². The van der Waals surface area contributed by atoms with E-state index in [9.17, 15) is 14.7 Å². The number of likely N-dealkylation sites (N-methyl/N-ethyl adjacent to an activating group) is 1. The van der Waals surface area contributed by atoms with Crippen LogP contribution in [-0.2, 0) is 24.2 Å². The van der Waals surface area contributed by atoms with Gasteiger partial charge in [0.25, 0.3) is 5.91 Å². The molecule has 1 aromatic heterocycles. The summed E-state index contributed by atoms with van der Waals surface area (Å²) in [4.78, 5) is 37.2. The normalized spacial score (nSPS) is 10.7. The molecule has 1 amide bonds. The summed E-state index contributed by atoms with van der Waals surface area (Å²) >= 11 is 5.95. The van der Waals surface area contributed by atoms with Crippen molar-refractivity contribution < 1.29 is 14.7 Å². The molecular weight excluding hydrogens is 452 g/mol. The highest BCUT2D eigenvalue weighted by atomic mass is 35.5. The molecule has 0 aliphatic carbocycles. The molecule has 0 unspecified atom stereocenters. The average molecular weight is 481 g/mol. The van der Waals surface area contributed by atoms with Crippen molar-refractivity contribution in [3.8, 4) is 0 Å². The molecule has 7 nitrogen and oxygen atoms in total. The fraction of sp³-hybridized carbons (Fsp3) is 0.308. The van der Waals surface area contributed by atoms with Gasteiger partial charge >= 0.3 is 5.97 Å². The summed E-state index contributed by atoms with van der Waals surface area (Å²) in [6.07, 6.45) is 3.74. The van der Waals surface area contributed by atoms with Gasteiger partial charge in [0.15, 0.2) is 0 Å². The number of rotatable bonds is 11. The van der Waals surface area contributed by atoms with Gasteiger partial charge in [-0.2, -0.15) is 0 Å². The Hall–Kier alpha value is -3.45. The van der Waals surface area contributed by atoms with Crippen LogP contribution >= 0.6 is 11.6 Å². The summed E-state index contributed by atoms with van der Waals surface area (Å²) in [6.45, 7) is 2.46. The summed E-state index contributed by atoms with van der Waals surface area (Å²) in [5.74, 6) is -0.949. The van der Waals surface area contributed by atoms with Gasteiger partial charge in [-0.15, -0.1) is 0 Å². The third-order valence-electron chi connectivity index (χ3n) is 5.39. The van der Waals surface area contributed by atoms with Gasteiger partial charge in [0.1, 0.15) is 6.54 Å². The van der Waals surface area contributed by atoms with Crippen molar-refractivity contribution >= 4 is 29.4 Å². The van der Waals surface area contributed by atoms with Crippen LogP contribution in [0.1, 0.15) is 40.5 Å². The van der Waals surface area contributed by atoms with Crippen LogP contribution in [0.15, 0.2) is 60.8 Å².